The molecule has 2 rings (SSSR count). The molecule has 0 aromatic heterocycles. The molecule has 1 fully saturated rings. The van der Waals surface area contributed by atoms with Crippen molar-refractivity contribution >= 4 is 11.6 Å². The number of nitrogen functional groups attached to an aromatic ring is 1. The van der Waals surface area contributed by atoms with Gasteiger partial charge in [-0.05, 0) is 30.4 Å². The standard InChI is InChI=1S/C14H20N2O/c1-10-7-11(2)9-16(8-10)14(17)12-5-3-4-6-13(12)15/h3-6,10-11H,7-9,15H2,1-2H3/t10-,11-/m0/s1. The average molecular weight is 232 g/mol. The van der Waals surface area contributed by atoms with E-state index in [1.165, 1.54) is 6.42 Å². The van der Waals surface area contributed by atoms with Crippen molar-refractivity contribution < 1.29 is 4.79 Å². The molecular weight excluding hydrogens is 212 g/mol. The number of para-hydroxylation sites is 1. The van der Waals surface area contributed by atoms with E-state index < -0.39 is 0 Å². The van der Waals surface area contributed by atoms with Crippen LogP contribution in [-0.2, 0) is 0 Å². The summed E-state index contributed by atoms with van der Waals surface area (Å²) in [5.74, 6) is 1.22. The van der Waals surface area contributed by atoms with Crippen LogP contribution in [0.25, 0.3) is 0 Å². The third-order valence-corrected chi connectivity index (χ3v) is 3.35. The number of nitrogens with two attached hydrogens (primary N) is 1. The SMILES string of the molecule is C[C@H]1C[C@H](C)CN(C(=O)c2ccccc2N)C1. The number of hydrogen-bond donors (Lipinski definition) is 1. The predicted molar refractivity (Wildman–Crippen MR) is 69.7 cm³/mol. The molecule has 0 unspecified atom stereocenters. The molecule has 1 aliphatic rings. The van der Waals surface area contributed by atoms with Gasteiger partial charge in [0, 0.05) is 18.8 Å². The van der Waals surface area contributed by atoms with Gasteiger partial charge in [-0.25, -0.2) is 0 Å². The van der Waals surface area contributed by atoms with Crippen molar-refractivity contribution in [3.8, 4) is 0 Å². The fourth-order valence-corrected chi connectivity index (χ4v) is 2.69. The number of amides is 1. The second-order valence-electron chi connectivity index (χ2n) is 5.24. The van der Waals surface area contributed by atoms with Crippen LogP contribution in [0, 0.1) is 11.8 Å². The van der Waals surface area contributed by atoms with Crippen LogP contribution < -0.4 is 5.73 Å². The third-order valence-electron chi connectivity index (χ3n) is 3.35. The molecule has 2 atom stereocenters. The van der Waals surface area contributed by atoms with Crippen molar-refractivity contribution in [2.45, 2.75) is 20.3 Å². The van der Waals surface area contributed by atoms with Crippen LogP contribution in [0.3, 0.4) is 0 Å². The second-order valence-corrected chi connectivity index (χ2v) is 5.24. The Bertz CT molecular complexity index is 406. The molecule has 17 heavy (non-hydrogen) atoms. The zero-order valence-corrected chi connectivity index (χ0v) is 10.5. The molecule has 3 nitrogen and oxygen atoms in total. The lowest BCUT2D eigenvalue weighted by atomic mass is 9.91. The van der Waals surface area contributed by atoms with E-state index in [2.05, 4.69) is 13.8 Å². The molecule has 1 aromatic rings. The minimum absolute atomic E-state index is 0.0708. The lowest BCUT2D eigenvalue weighted by Crippen LogP contribution is -2.42. The highest BCUT2D eigenvalue weighted by molar-refractivity contribution is 5.99. The average Bonchev–Trinajstić information content (AvgIpc) is 2.27. The topological polar surface area (TPSA) is 46.3 Å². The smallest absolute Gasteiger partial charge is 0.255 e. The minimum atomic E-state index is 0.0708. The van der Waals surface area contributed by atoms with Crippen molar-refractivity contribution in [2.75, 3.05) is 18.8 Å². The molecule has 1 heterocycles. The number of hydrogen-bond acceptors (Lipinski definition) is 2. The lowest BCUT2D eigenvalue weighted by Gasteiger charge is -2.35. The summed E-state index contributed by atoms with van der Waals surface area (Å²) in [6, 6.07) is 7.31. The first kappa shape index (κ1) is 12.0. The normalized spacial score (nSPS) is 24.7. The molecule has 1 saturated heterocycles. The Labute approximate surface area is 103 Å². The summed E-state index contributed by atoms with van der Waals surface area (Å²) in [6.07, 6.45) is 1.20. The monoisotopic (exact) mass is 232 g/mol. The molecule has 0 saturated carbocycles. The molecule has 1 aromatic carbocycles. The summed E-state index contributed by atoms with van der Waals surface area (Å²) in [5.41, 5.74) is 7.06. The Kier molecular flexibility index (Phi) is 3.36. The van der Waals surface area contributed by atoms with Gasteiger partial charge >= 0.3 is 0 Å². The Morgan fingerprint density at radius 2 is 1.82 bits per heavy atom. The highest BCUT2D eigenvalue weighted by atomic mass is 16.2. The first-order valence-electron chi connectivity index (χ1n) is 6.21. The maximum absolute atomic E-state index is 12.4. The van der Waals surface area contributed by atoms with Crippen molar-refractivity contribution in [2.24, 2.45) is 11.8 Å². The summed E-state index contributed by atoms with van der Waals surface area (Å²) in [5, 5.41) is 0. The van der Waals surface area contributed by atoms with Gasteiger partial charge < -0.3 is 10.6 Å². The highest BCUT2D eigenvalue weighted by Gasteiger charge is 2.26. The van der Waals surface area contributed by atoms with Crippen LogP contribution in [0.1, 0.15) is 30.6 Å². The summed E-state index contributed by atoms with van der Waals surface area (Å²) in [6.45, 7) is 6.09. The van der Waals surface area contributed by atoms with Gasteiger partial charge in [0.25, 0.3) is 5.91 Å². The van der Waals surface area contributed by atoms with Gasteiger partial charge in [0.15, 0.2) is 0 Å². The molecule has 2 N–H and O–H groups in total. The maximum atomic E-state index is 12.4. The molecule has 0 radical (unpaired) electrons. The van der Waals surface area contributed by atoms with Crippen LogP contribution >= 0.6 is 0 Å². The Morgan fingerprint density at radius 3 is 2.41 bits per heavy atom. The van der Waals surface area contributed by atoms with E-state index in [4.69, 9.17) is 5.73 Å². The third kappa shape index (κ3) is 2.60. The van der Waals surface area contributed by atoms with Crippen molar-refractivity contribution in [1.82, 2.24) is 4.90 Å². The second kappa shape index (κ2) is 4.78. The highest BCUT2D eigenvalue weighted by Crippen LogP contribution is 2.23. The molecule has 92 valence electrons. The van der Waals surface area contributed by atoms with E-state index >= 15 is 0 Å². The number of nitrogens with zero attached hydrogens (tertiary/aromatic N) is 1. The van der Waals surface area contributed by atoms with E-state index in [0.29, 0.717) is 23.1 Å². The lowest BCUT2D eigenvalue weighted by molar-refractivity contribution is 0.0624. The van der Waals surface area contributed by atoms with E-state index in [0.717, 1.165) is 13.1 Å². The van der Waals surface area contributed by atoms with Crippen molar-refractivity contribution in [1.29, 1.82) is 0 Å². The van der Waals surface area contributed by atoms with E-state index in [1.54, 1.807) is 6.07 Å². The van der Waals surface area contributed by atoms with Gasteiger partial charge in [-0.3, -0.25) is 4.79 Å². The summed E-state index contributed by atoms with van der Waals surface area (Å²) in [4.78, 5) is 14.3. The first-order valence-corrected chi connectivity index (χ1v) is 6.21. The molecule has 0 aliphatic carbocycles. The first-order chi connectivity index (χ1) is 8.08. The number of benzene rings is 1. The number of carbonyl (C=O) groups is 1. The van der Waals surface area contributed by atoms with E-state index in [-0.39, 0.29) is 5.91 Å². The summed E-state index contributed by atoms with van der Waals surface area (Å²) >= 11 is 0. The number of rotatable bonds is 1. The fourth-order valence-electron chi connectivity index (χ4n) is 2.69. The van der Waals surface area contributed by atoms with Gasteiger partial charge in [-0.15, -0.1) is 0 Å². The largest absolute Gasteiger partial charge is 0.398 e. The number of anilines is 1. The van der Waals surface area contributed by atoms with Gasteiger partial charge in [0.2, 0.25) is 0 Å². The molecule has 0 bridgehead atoms. The quantitative estimate of drug-likeness (QED) is 0.756. The zero-order valence-electron chi connectivity index (χ0n) is 10.5. The van der Waals surface area contributed by atoms with Crippen molar-refractivity contribution in [3.63, 3.8) is 0 Å². The van der Waals surface area contributed by atoms with Gasteiger partial charge in [0.05, 0.1) is 5.56 Å². The van der Waals surface area contributed by atoms with Crippen LogP contribution in [-0.4, -0.2) is 23.9 Å². The van der Waals surface area contributed by atoms with Crippen LogP contribution in [0.5, 0.6) is 0 Å². The molecule has 1 aliphatic heterocycles. The number of carbonyl (C=O) groups excluding carboxylic acids is 1. The fraction of sp³-hybridized carbons (Fsp3) is 0.500. The maximum Gasteiger partial charge on any atom is 0.255 e. The zero-order chi connectivity index (χ0) is 12.4. The number of likely N-dealkylation sites (tertiary alicyclic amines) is 1. The molecular formula is C14H20N2O. The van der Waals surface area contributed by atoms with Crippen LogP contribution in [0.15, 0.2) is 24.3 Å². The minimum Gasteiger partial charge on any atom is -0.398 e. The summed E-state index contributed by atoms with van der Waals surface area (Å²) in [7, 11) is 0. The molecule has 0 spiro atoms. The van der Waals surface area contributed by atoms with Crippen LogP contribution in [0.2, 0.25) is 0 Å². The molecule has 3 heteroatoms. The van der Waals surface area contributed by atoms with Crippen LogP contribution in [0.4, 0.5) is 5.69 Å². The predicted octanol–water partition coefficient (Wildman–Crippen LogP) is 2.39. The van der Waals surface area contributed by atoms with Crippen molar-refractivity contribution in [3.05, 3.63) is 29.8 Å². The molecule has 1 amide bonds. The van der Waals surface area contributed by atoms with Gasteiger partial charge in [-0.1, -0.05) is 26.0 Å². The Hall–Kier alpha value is -1.51. The Morgan fingerprint density at radius 1 is 1.24 bits per heavy atom. The summed E-state index contributed by atoms with van der Waals surface area (Å²) < 4.78 is 0. The van der Waals surface area contributed by atoms with Gasteiger partial charge in [-0.2, -0.15) is 0 Å². The Balaban J connectivity index is 2.17. The van der Waals surface area contributed by atoms with E-state index in [9.17, 15) is 4.79 Å². The van der Waals surface area contributed by atoms with E-state index in [1.807, 2.05) is 23.1 Å². The number of piperidine rings is 1. The van der Waals surface area contributed by atoms with Gasteiger partial charge in [0.1, 0.15) is 0 Å².